The van der Waals surface area contributed by atoms with E-state index in [1.807, 2.05) is 17.2 Å². The molecular formula is C28H34BrClN4O2. The molecule has 2 fully saturated rings. The fourth-order valence-electron chi connectivity index (χ4n) is 6.04. The third-order valence-corrected chi connectivity index (χ3v) is 8.85. The Balaban J connectivity index is 1.23. The van der Waals surface area contributed by atoms with Crippen LogP contribution in [0.5, 0.6) is 0 Å². The van der Waals surface area contributed by atoms with Gasteiger partial charge in [-0.2, -0.15) is 0 Å². The van der Waals surface area contributed by atoms with E-state index >= 15 is 0 Å². The van der Waals surface area contributed by atoms with Gasteiger partial charge < -0.3 is 10.2 Å². The van der Waals surface area contributed by atoms with Crippen LogP contribution in [-0.4, -0.2) is 59.3 Å². The molecule has 2 amide bonds. The van der Waals surface area contributed by atoms with Crippen LogP contribution < -0.4 is 5.32 Å². The molecule has 1 atom stereocenters. The maximum atomic E-state index is 13.0. The zero-order valence-electron chi connectivity index (χ0n) is 20.8. The van der Waals surface area contributed by atoms with Gasteiger partial charge in [0.2, 0.25) is 11.8 Å². The summed E-state index contributed by atoms with van der Waals surface area (Å²) in [6.07, 6.45) is 7.41. The molecule has 1 unspecified atom stereocenters. The number of rotatable bonds is 4. The summed E-state index contributed by atoms with van der Waals surface area (Å²) in [5.74, 6) is 0.834. The standard InChI is InChI=1S/C28H34BrClN4O2/c1-18(35)33-10-6-19(7-11-33)16-32-28(36)20-8-12-34(13-9-20)27-25-5-4-24(30)15-21(25)2-3-22-14-23(29)17-31-26(22)27/h4-5,14-15,17,19-20,27H,2-3,6-13,16H2,1H3,(H,32,36). The molecule has 36 heavy (non-hydrogen) atoms. The molecule has 5 rings (SSSR count). The Morgan fingerprint density at radius 3 is 2.50 bits per heavy atom. The van der Waals surface area contributed by atoms with Crippen molar-refractivity contribution in [3.8, 4) is 0 Å². The van der Waals surface area contributed by atoms with Gasteiger partial charge in [-0.15, -0.1) is 0 Å². The van der Waals surface area contributed by atoms with E-state index in [-0.39, 0.29) is 23.8 Å². The summed E-state index contributed by atoms with van der Waals surface area (Å²) in [6.45, 7) is 5.67. The average molecular weight is 574 g/mol. The molecule has 2 aliphatic heterocycles. The van der Waals surface area contributed by atoms with Gasteiger partial charge in [0.15, 0.2) is 0 Å². The normalized spacial score (nSPS) is 21.4. The number of halogens is 2. The molecule has 3 heterocycles. The lowest BCUT2D eigenvalue weighted by Gasteiger charge is -2.38. The van der Waals surface area contributed by atoms with Gasteiger partial charge in [-0.25, -0.2) is 0 Å². The number of carbonyl (C=O) groups is 2. The van der Waals surface area contributed by atoms with Gasteiger partial charge in [0.25, 0.3) is 0 Å². The number of pyridine rings is 1. The van der Waals surface area contributed by atoms with E-state index in [2.05, 4.69) is 44.3 Å². The van der Waals surface area contributed by atoms with Gasteiger partial charge >= 0.3 is 0 Å². The Morgan fingerprint density at radius 2 is 1.78 bits per heavy atom. The average Bonchev–Trinajstić information content (AvgIpc) is 3.03. The Morgan fingerprint density at radius 1 is 1.06 bits per heavy atom. The Hall–Kier alpha value is -1.96. The number of nitrogens with one attached hydrogen (secondary N) is 1. The highest BCUT2D eigenvalue weighted by molar-refractivity contribution is 9.10. The lowest BCUT2D eigenvalue weighted by atomic mass is 9.90. The van der Waals surface area contributed by atoms with Gasteiger partial charge in [-0.05, 0) is 108 Å². The van der Waals surface area contributed by atoms with Gasteiger partial charge in [-0.1, -0.05) is 17.7 Å². The smallest absolute Gasteiger partial charge is 0.223 e. The van der Waals surface area contributed by atoms with Crippen LogP contribution in [0.25, 0.3) is 0 Å². The maximum Gasteiger partial charge on any atom is 0.223 e. The van der Waals surface area contributed by atoms with Gasteiger partial charge in [0.1, 0.15) is 0 Å². The second kappa shape index (κ2) is 11.2. The zero-order chi connectivity index (χ0) is 25.2. The Bertz CT molecular complexity index is 1070. The fraction of sp³-hybridized carbons (Fsp3) is 0.536. The molecule has 0 spiro atoms. The number of likely N-dealkylation sites (tertiary alicyclic amines) is 2. The molecule has 0 bridgehead atoms. The first-order valence-corrected chi connectivity index (χ1v) is 14.3. The van der Waals surface area contributed by atoms with Crippen molar-refractivity contribution in [3.63, 3.8) is 0 Å². The van der Waals surface area contributed by atoms with E-state index in [0.717, 1.165) is 79.9 Å². The predicted octanol–water partition coefficient (Wildman–Crippen LogP) is 4.77. The summed E-state index contributed by atoms with van der Waals surface area (Å²) < 4.78 is 1.01. The number of amides is 2. The van der Waals surface area contributed by atoms with Crippen molar-refractivity contribution >= 4 is 39.3 Å². The van der Waals surface area contributed by atoms with Crippen molar-refractivity contribution in [3.05, 3.63) is 62.3 Å². The SMILES string of the molecule is CC(=O)N1CCC(CNC(=O)C2CCN(C3c4ccc(Cl)cc4CCc4cc(Br)cnc43)CC2)CC1. The molecule has 2 saturated heterocycles. The molecule has 8 heteroatoms. The molecular weight excluding hydrogens is 540 g/mol. The van der Waals surface area contributed by atoms with Crippen LogP contribution in [0.1, 0.15) is 61.0 Å². The molecule has 1 aromatic heterocycles. The molecule has 3 aliphatic rings. The second-order valence-electron chi connectivity index (χ2n) is 10.4. The van der Waals surface area contributed by atoms with Crippen LogP contribution in [-0.2, 0) is 22.4 Å². The Kier molecular flexibility index (Phi) is 7.99. The van der Waals surface area contributed by atoms with E-state index < -0.39 is 0 Å². The second-order valence-corrected chi connectivity index (χ2v) is 11.8. The van der Waals surface area contributed by atoms with Crippen molar-refractivity contribution in [1.29, 1.82) is 0 Å². The Labute approximate surface area is 226 Å². The highest BCUT2D eigenvalue weighted by atomic mass is 79.9. The number of hydrogen-bond donors (Lipinski definition) is 1. The minimum atomic E-state index is 0.0476. The van der Waals surface area contributed by atoms with Crippen LogP contribution in [0.3, 0.4) is 0 Å². The third-order valence-electron chi connectivity index (χ3n) is 8.18. The molecule has 0 radical (unpaired) electrons. The first-order chi connectivity index (χ1) is 17.4. The lowest BCUT2D eigenvalue weighted by molar-refractivity contribution is -0.131. The number of nitrogens with zero attached hydrogens (tertiary/aromatic N) is 3. The summed E-state index contributed by atoms with van der Waals surface area (Å²) in [6, 6.07) is 8.53. The molecule has 6 nitrogen and oxygen atoms in total. The minimum Gasteiger partial charge on any atom is -0.356 e. The van der Waals surface area contributed by atoms with Crippen molar-refractivity contribution in [2.24, 2.45) is 11.8 Å². The highest BCUT2D eigenvalue weighted by Gasteiger charge is 2.34. The van der Waals surface area contributed by atoms with Gasteiger partial charge in [0, 0.05) is 48.2 Å². The first kappa shape index (κ1) is 25.7. The third kappa shape index (κ3) is 5.63. The summed E-state index contributed by atoms with van der Waals surface area (Å²) in [4.78, 5) is 33.8. The summed E-state index contributed by atoms with van der Waals surface area (Å²) in [5, 5.41) is 3.99. The van der Waals surface area contributed by atoms with Gasteiger partial charge in [0.05, 0.1) is 11.7 Å². The lowest BCUT2D eigenvalue weighted by Crippen LogP contribution is -2.44. The quantitative estimate of drug-likeness (QED) is 0.572. The molecule has 1 N–H and O–H groups in total. The number of piperidine rings is 2. The number of carbonyl (C=O) groups excluding carboxylic acids is 2. The van der Waals surface area contributed by atoms with E-state index in [0.29, 0.717) is 12.5 Å². The summed E-state index contributed by atoms with van der Waals surface area (Å²) in [5.41, 5.74) is 4.97. The van der Waals surface area contributed by atoms with Crippen molar-refractivity contribution in [2.45, 2.75) is 51.5 Å². The molecule has 0 saturated carbocycles. The van der Waals surface area contributed by atoms with Crippen molar-refractivity contribution in [2.75, 3.05) is 32.7 Å². The predicted molar refractivity (Wildman–Crippen MR) is 145 cm³/mol. The van der Waals surface area contributed by atoms with Crippen molar-refractivity contribution in [1.82, 2.24) is 20.1 Å². The molecule has 1 aromatic carbocycles. The fourth-order valence-corrected chi connectivity index (χ4v) is 6.62. The molecule has 2 aromatic rings. The van der Waals surface area contributed by atoms with Crippen LogP contribution in [0.4, 0.5) is 0 Å². The number of fused-ring (bicyclic) bond motifs is 2. The van der Waals surface area contributed by atoms with Crippen LogP contribution in [0.2, 0.25) is 5.02 Å². The molecule has 192 valence electrons. The first-order valence-electron chi connectivity index (χ1n) is 13.1. The van der Waals surface area contributed by atoms with Crippen LogP contribution in [0, 0.1) is 11.8 Å². The van der Waals surface area contributed by atoms with Gasteiger partial charge in [-0.3, -0.25) is 19.5 Å². The van der Waals surface area contributed by atoms with E-state index in [1.54, 1.807) is 6.92 Å². The summed E-state index contributed by atoms with van der Waals surface area (Å²) in [7, 11) is 0. The monoisotopic (exact) mass is 572 g/mol. The van der Waals surface area contributed by atoms with E-state index in [1.165, 1.54) is 16.7 Å². The topological polar surface area (TPSA) is 65.5 Å². The van der Waals surface area contributed by atoms with E-state index in [4.69, 9.17) is 16.6 Å². The highest BCUT2D eigenvalue weighted by Crippen LogP contribution is 2.39. The largest absolute Gasteiger partial charge is 0.356 e. The van der Waals surface area contributed by atoms with Crippen molar-refractivity contribution < 1.29 is 9.59 Å². The van der Waals surface area contributed by atoms with E-state index in [9.17, 15) is 9.59 Å². The maximum absolute atomic E-state index is 13.0. The molecule has 1 aliphatic carbocycles. The van der Waals surface area contributed by atoms with Crippen LogP contribution >= 0.6 is 27.5 Å². The number of benzene rings is 1. The van der Waals surface area contributed by atoms with Crippen LogP contribution in [0.15, 0.2) is 34.9 Å². The number of aromatic nitrogens is 1. The number of hydrogen-bond acceptors (Lipinski definition) is 4. The summed E-state index contributed by atoms with van der Waals surface area (Å²) >= 11 is 9.96. The minimum absolute atomic E-state index is 0.0476. The zero-order valence-corrected chi connectivity index (χ0v) is 23.2. The number of aryl methyl sites for hydroxylation is 2.